The monoisotopic (exact) mass is 273 g/mol. The number of rotatable bonds is 8. The van der Waals surface area contributed by atoms with Crippen molar-refractivity contribution in [1.29, 1.82) is 5.41 Å². The van der Waals surface area contributed by atoms with Crippen LogP contribution >= 0.6 is 0 Å². The minimum Gasteiger partial charge on any atom is -0.316 e. The fourth-order valence-corrected chi connectivity index (χ4v) is 1.60. The molecule has 0 unspecified atom stereocenters. The van der Waals surface area contributed by atoms with E-state index in [1.807, 2.05) is 6.08 Å². The summed E-state index contributed by atoms with van der Waals surface area (Å²) < 4.78 is 13.1. The molecule has 20 heavy (non-hydrogen) atoms. The molecule has 0 atom stereocenters. The predicted octanol–water partition coefficient (Wildman–Crippen LogP) is 2.91. The summed E-state index contributed by atoms with van der Waals surface area (Å²) in [6.45, 7) is 5.50. The predicted molar refractivity (Wildman–Crippen MR) is 80.5 cm³/mol. The number of aromatic nitrogens is 1. The second kappa shape index (κ2) is 9.88. The lowest BCUT2D eigenvalue weighted by Gasteiger charge is -2.00. The molecule has 0 saturated heterocycles. The molecule has 0 spiro atoms. The maximum atomic E-state index is 13.1. The molecule has 3 nitrogen and oxygen atoms in total. The minimum absolute atomic E-state index is 0.0251. The molecular formula is C16H20FN3. The summed E-state index contributed by atoms with van der Waals surface area (Å²) >= 11 is 0. The smallest absolute Gasteiger partial charge is 0.150 e. The Hall–Kier alpha value is -1.99. The minimum atomic E-state index is -0.494. The lowest BCUT2D eigenvalue weighted by atomic mass is 10.2. The Morgan fingerprint density at radius 1 is 1.35 bits per heavy atom. The van der Waals surface area contributed by atoms with Gasteiger partial charge in [0.25, 0.3) is 0 Å². The van der Waals surface area contributed by atoms with E-state index in [2.05, 4.69) is 28.7 Å². The first-order valence-electron chi connectivity index (χ1n) is 6.75. The van der Waals surface area contributed by atoms with Crippen molar-refractivity contribution < 1.29 is 4.39 Å². The fraction of sp³-hybridized carbons (Fsp3) is 0.375. The van der Waals surface area contributed by atoms with E-state index in [1.54, 1.807) is 0 Å². The maximum absolute atomic E-state index is 13.1. The van der Waals surface area contributed by atoms with Crippen molar-refractivity contribution in [1.82, 2.24) is 10.3 Å². The van der Waals surface area contributed by atoms with Crippen LogP contribution in [0.4, 0.5) is 4.39 Å². The second-order valence-corrected chi connectivity index (χ2v) is 4.29. The SMILES string of the molecule is C=CCCCCNCCC#Cc1ccc(F)c(C=N)n1. The molecular weight excluding hydrogens is 253 g/mol. The normalized spacial score (nSPS) is 9.65. The third-order valence-electron chi connectivity index (χ3n) is 2.66. The van der Waals surface area contributed by atoms with E-state index in [1.165, 1.54) is 12.1 Å². The standard InChI is InChI=1S/C16H20FN3/c1-2-3-4-6-11-19-12-7-5-8-14-9-10-15(17)16(13-18)20-14/h2,9-10,13,18-19H,1,3-4,6-7,11-12H2. The van der Waals surface area contributed by atoms with Crippen LogP contribution in [0.2, 0.25) is 0 Å². The van der Waals surface area contributed by atoms with Gasteiger partial charge in [0.15, 0.2) is 5.82 Å². The number of nitrogens with one attached hydrogen (secondary N) is 2. The van der Waals surface area contributed by atoms with Crippen molar-refractivity contribution in [3.05, 3.63) is 42.0 Å². The van der Waals surface area contributed by atoms with Crippen molar-refractivity contribution in [2.75, 3.05) is 13.1 Å². The highest BCUT2D eigenvalue weighted by molar-refractivity contribution is 5.74. The molecule has 0 aliphatic carbocycles. The molecule has 0 aliphatic heterocycles. The Labute approximate surface area is 119 Å². The van der Waals surface area contributed by atoms with Crippen LogP contribution in [0, 0.1) is 23.1 Å². The quantitative estimate of drug-likeness (QED) is 0.331. The molecule has 0 bridgehead atoms. The molecule has 1 aromatic heterocycles. The number of pyridine rings is 1. The molecule has 0 saturated carbocycles. The third kappa shape index (κ3) is 6.26. The zero-order valence-electron chi connectivity index (χ0n) is 11.6. The molecule has 0 aromatic carbocycles. The summed E-state index contributed by atoms with van der Waals surface area (Å²) in [4.78, 5) is 3.94. The molecule has 1 heterocycles. The van der Waals surface area contributed by atoms with Crippen LogP contribution in [-0.4, -0.2) is 24.3 Å². The summed E-state index contributed by atoms with van der Waals surface area (Å²) in [7, 11) is 0. The van der Waals surface area contributed by atoms with Crippen LogP contribution in [0.25, 0.3) is 0 Å². The largest absolute Gasteiger partial charge is 0.316 e. The van der Waals surface area contributed by atoms with Gasteiger partial charge in [-0.15, -0.1) is 6.58 Å². The van der Waals surface area contributed by atoms with Crippen LogP contribution in [0.15, 0.2) is 24.8 Å². The first-order chi connectivity index (χ1) is 9.77. The van der Waals surface area contributed by atoms with E-state index in [0.29, 0.717) is 5.69 Å². The highest BCUT2D eigenvalue weighted by Crippen LogP contribution is 2.02. The first kappa shape index (κ1) is 16.1. The first-order valence-corrected chi connectivity index (χ1v) is 6.75. The van der Waals surface area contributed by atoms with Crippen molar-refractivity contribution in [2.45, 2.75) is 25.7 Å². The Morgan fingerprint density at radius 2 is 2.20 bits per heavy atom. The highest BCUT2D eigenvalue weighted by Gasteiger charge is 2.00. The number of allylic oxidation sites excluding steroid dienone is 1. The molecule has 2 N–H and O–H groups in total. The van der Waals surface area contributed by atoms with E-state index in [-0.39, 0.29) is 5.69 Å². The summed E-state index contributed by atoms with van der Waals surface area (Å²) in [6, 6.07) is 2.81. The number of hydrogen-bond donors (Lipinski definition) is 2. The number of halogens is 1. The van der Waals surface area contributed by atoms with Crippen LogP contribution in [0.3, 0.4) is 0 Å². The second-order valence-electron chi connectivity index (χ2n) is 4.29. The Bertz CT molecular complexity index is 500. The third-order valence-corrected chi connectivity index (χ3v) is 2.66. The fourth-order valence-electron chi connectivity index (χ4n) is 1.60. The summed E-state index contributed by atoms with van der Waals surface area (Å²) in [5.41, 5.74) is 0.521. The van der Waals surface area contributed by atoms with Crippen LogP contribution < -0.4 is 5.32 Å². The number of hydrogen-bond acceptors (Lipinski definition) is 3. The number of unbranched alkanes of at least 4 members (excludes halogenated alkanes) is 2. The highest BCUT2D eigenvalue weighted by atomic mass is 19.1. The van der Waals surface area contributed by atoms with Crippen molar-refractivity contribution >= 4 is 6.21 Å². The van der Waals surface area contributed by atoms with Gasteiger partial charge in [-0.2, -0.15) is 0 Å². The van der Waals surface area contributed by atoms with Crippen LogP contribution in [0.5, 0.6) is 0 Å². The van der Waals surface area contributed by atoms with Crippen molar-refractivity contribution in [2.24, 2.45) is 0 Å². The van der Waals surface area contributed by atoms with E-state index >= 15 is 0 Å². The average Bonchev–Trinajstić information content (AvgIpc) is 2.47. The van der Waals surface area contributed by atoms with Gasteiger partial charge in [-0.05, 0) is 43.9 Å². The van der Waals surface area contributed by atoms with Gasteiger partial charge in [-0.3, -0.25) is 0 Å². The molecule has 0 fully saturated rings. The van der Waals surface area contributed by atoms with Gasteiger partial charge in [0.1, 0.15) is 11.4 Å². The molecule has 0 radical (unpaired) electrons. The Kier molecular flexibility index (Phi) is 7.93. The zero-order chi connectivity index (χ0) is 14.6. The van der Waals surface area contributed by atoms with Crippen molar-refractivity contribution in [3.8, 4) is 11.8 Å². The maximum Gasteiger partial charge on any atom is 0.150 e. The lowest BCUT2D eigenvalue weighted by Crippen LogP contribution is -2.16. The van der Waals surface area contributed by atoms with Crippen LogP contribution in [-0.2, 0) is 0 Å². The summed E-state index contributed by atoms with van der Waals surface area (Å²) in [5.74, 6) is 5.37. The Balaban J connectivity index is 2.25. The lowest BCUT2D eigenvalue weighted by molar-refractivity contribution is 0.618. The topological polar surface area (TPSA) is 48.8 Å². The van der Waals surface area contributed by atoms with Gasteiger partial charge in [0.05, 0.1) is 0 Å². The molecule has 106 valence electrons. The summed E-state index contributed by atoms with van der Waals surface area (Å²) in [5, 5.41) is 10.3. The number of nitrogens with zero attached hydrogens (tertiary/aromatic N) is 1. The van der Waals surface area contributed by atoms with E-state index in [4.69, 9.17) is 5.41 Å². The average molecular weight is 273 g/mol. The van der Waals surface area contributed by atoms with Crippen molar-refractivity contribution in [3.63, 3.8) is 0 Å². The molecule has 0 aliphatic rings. The van der Waals surface area contributed by atoms with Gasteiger partial charge in [-0.1, -0.05) is 12.0 Å². The zero-order valence-corrected chi connectivity index (χ0v) is 11.6. The van der Waals surface area contributed by atoms with Gasteiger partial charge in [0.2, 0.25) is 0 Å². The van der Waals surface area contributed by atoms with E-state index in [0.717, 1.165) is 45.0 Å². The van der Waals surface area contributed by atoms with Gasteiger partial charge < -0.3 is 10.7 Å². The summed E-state index contributed by atoms with van der Waals surface area (Å²) in [6.07, 6.45) is 6.91. The van der Waals surface area contributed by atoms with Gasteiger partial charge >= 0.3 is 0 Å². The van der Waals surface area contributed by atoms with E-state index in [9.17, 15) is 4.39 Å². The van der Waals surface area contributed by atoms with Gasteiger partial charge in [0, 0.05) is 19.2 Å². The molecule has 4 heteroatoms. The van der Waals surface area contributed by atoms with E-state index < -0.39 is 5.82 Å². The molecule has 0 amide bonds. The van der Waals surface area contributed by atoms with Gasteiger partial charge in [-0.25, -0.2) is 9.37 Å². The van der Waals surface area contributed by atoms with Crippen LogP contribution in [0.1, 0.15) is 37.1 Å². The molecule has 1 rings (SSSR count). The molecule has 1 aromatic rings. The Morgan fingerprint density at radius 3 is 2.95 bits per heavy atom.